The van der Waals surface area contributed by atoms with E-state index in [4.69, 9.17) is 61.0 Å². The number of aliphatic hydroxyl groups is 7. The molecule has 588 valence electrons. The second-order valence-electron chi connectivity index (χ2n) is 28.3. The molecule has 7 amide bonds. The molecule has 22 unspecified atom stereocenters. The highest BCUT2D eigenvalue weighted by atomic mass is 35.5. The monoisotopic (exact) mass is 1540 g/mol. The number of phenols is 3. The number of phenolic OH excluding ortho intramolecular Hbond substituents is 3. The third-order valence-corrected chi connectivity index (χ3v) is 19.9. The van der Waals surface area contributed by atoms with Crippen molar-refractivity contribution in [1.82, 2.24) is 37.2 Å². The van der Waals surface area contributed by atoms with Crippen molar-refractivity contribution in [3.8, 4) is 57.1 Å². The van der Waals surface area contributed by atoms with Crippen molar-refractivity contribution in [3.05, 3.63) is 118 Å². The molecule has 5 aromatic carbocycles. The Morgan fingerprint density at radius 1 is 0.697 bits per heavy atom. The summed E-state index contributed by atoms with van der Waals surface area (Å²) in [5.41, 5.74) is 8.32. The number of benzene rings is 5. The number of nitrogens with one attached hydrogen (secondary N) is 7. The van der Waals surface area contributed by atoms with Gasteiger partial charge in [-0.15, -0.1) is 0 Å². The summed E-state index contributed by atoms with van der Waals surface area (Å²) in [5, 5.41) is 142. The number of likely N-dealkylation sites (N-methyl/N-ethyl adjacent to an activating group) is 1. The van der Waals surface area contributed by atoms with E-state index in [1.807, 2.05) is 13.8 Å². The van der Waals surface area contributed by atoms with Gasteiger partial charge >= 0.3 is 5.97 Å². The number of aliphatic hydroxyl groups excluding tert-OH is 7. The number of carboxylic acids is 1. The number of hydrogen-bond acceptors (Lipinski definition) is 28. The number of fused-ring (bicyclic) bond motifs is 15. The lowest BCUT2D eigenvalue weighted by atomic mass is 9.86. The zero-order valence-electron chi connectivity index (χ0n) is 59.3. The van der Waals surface area contributed by atoms with Gasteiger partial charge in [-0.1, -0.05) is 49.7 Å². The van der Waals surface area contributed by atoms with E-state index in [-0.39, 0.29) is 46.9 Å². The predicted octanol–water partition coefficient (Wildman–Crippen LogP) is -0.666. The number of primary amides is 1. The molecule has 5 aromatic rings. The minimum absolute atomic E-state index is 0.0636. The quantitative estimate of drug-likeness (QED) is 0.0618. The molecule has 109 heavy (non-hydrogen) atoms. The van der Waals surface area contributed by atoms with Crippen molar-refractivity contribution in [2.24, 2.45) is 17.4 Å². The summed E-state index contributed by atoms with van der Waals surface area (Å²) < 4.78 is 51.2. The standard InChI is InChI=1S/C72H86ClN9O27/c1-26(2)15-38(76-6)64(94)81-54-57(90)29-7-11-34(12-8-29)104-44-18-32-19-45(61(44)109-71-62(59(92)58(91)46(25-83)106-71)107-48-23-42(87)56(89)27(3)102-48)105-43-14-10-31(17-37(43)73)60(108-49-24-72(5,75)63(93)28(4)103-49)55-69(99)80-53(70(100)101)36-20-33(84)21-41(86)50(36)35-16-30(9-13-40(35)85)51(66(96)82-55)79-67(97)52(32)78-65(95)39(22-47(74)88)77-68(54)98/h7-14,16-21,26-28,38-39,42,46,48-49,51-60,62-63,71,76,83-87,89-93H,15,22-25,75H2,1-6H3,(H2,74,88)(H,77,98)(H,78,95)(H,79,97)(H,80,99)(H,81,94)(H,82,96)(H,100,101). The van der Waals surface area contributed by atoms with E-state index < -0.39 is 262 Å². The van der Waals surface area contributed by atoms with Crippen LogP contribution >= 0.6 is 11.6 Å². The van der Waals surface area contributed by atoms with Crippen molar-refractivity contribution >= 4 is 58.9 Å². The summed E-state index contributed by atoms with van der Waals surface area (Å²) in [6.45, 7) is 7.01. The highest BCUT2D eigenvalue weighted by molar-refractivity contribution is 6.32. The summed E-state index contributed by atoms with van der Waals surface area (Å²) in [5.74, 6) is -15.6. The summed E-state index contributed by atoms with van der Waals surface area (Å²) in [6, 6.07) is 1.32. The van der Waals surface area contributed by atoms with Crippen molar-refractivity contribution in [2.45, 2.75) is 194 Å². The number of nitrogens with two attached hydrogens (primary N) is 2. The fourth-order valence-electron chi connectivity index (χ4n) is 13.9. The molecule has 0 saturated carbocycles. The topological polar surface area (TPSA) is 569 Å². The smallest absolute Gasteiger partial charge is 0.330 e. The van der Waals surface area contributed by atoms with Gasteiger partial charge in [-0.3, -0.25) is 33.6 Å². The molecule has 8 aliphatic rings. The minimum Gasteiger partial charge on any atom is -0.508 e. The van der Waals surface area contributed by atoms with Crippen LogP contribution in [0.2, 0.25) is 5.02 Å². The molecule has 22 atom stereocenters. The largest absolute Gasteiger partial charge is 0.508 e. The van der Waals surface area contributed by atoms with Gasteiger partial charge < -0.3 is 143 Å². The Kier molecular flexibility index (Phi) is 24.3. The number of ether oxygens (including phenoxy) is 8. The summed E-state index contributed by atoms with van der Waals surface area (Å²) in [6.07, 6.45) is -24.6. The van der Waals surface area contributed by atoms with E-state index >= 15 is 19.2 Å². The maximum Gasteiger partial charge on any atom is 0.330 e. The Balaban J connectivity index is 1.18. The number of carboxylic acid groups (broad SMARTS) is 1. The van der Waals surface area contributed by atoms with Gasteiger partial charge in [-0.05, 0) is 117 Å². The molecule has 36 nitrogen and oxygen atoms in total. The molecular weight excluding hydrogens is 1460 g/mol. The lowest BCUT2D eigenvalue weighted by Gasteiger charge is -2.44. The van der Waals surface area contributed by atoms with Crippen LogP contribution in [0, 0.1) is 5.92 Å². The molecule has 13 rings (SSSR count). The van der Waals surface area contributed by atoms with Gasteiger partial charge in [-0.2, -0.15) is 0 Å². The first-order chi connectivity index (χ1) is 51.5. The summed E-state index contributed by atoms with van der Waals surface area (Å²) in [7, 11) is 1.48. The van der Waals surface area contributed by atoms with Crippen LogP contribution in [-0.2, 0) is 62.0 Å². The first-order valence-corrected chi connectivity index (χ1v) is 35.2. The molecule has 3 saturated heterocycles. The highest BCUT2D eigenvalue weighted by Crippen LogP contribution is 2.50. The van der Waals surface area contributed by atoms with Crippen molar-refractivity contribution < 1.29 is 132 Å². The maximum absolute atomic E-state index is 16.3. The predicted molar refractivity (Wildman–Crippen MR) is 374 cm³/mol. The molecule has 3 fully saturated rings. The SMILES string of the molecule is CNC(CC(C)C)C(=O)NC1C(=O)NC(CC(N)=O)C(=O)NC2C(=O)NC3C(=O)NC(C(=O)NC(C(=O)O)c4cc(O)cc(O)c4-c4cc3ccc4O)C(OC3CC(C)(N)C(O)C(C)O3)c3ccc(c(Cl)c3)Oc3cc2cc(c3OC2OC(CO)C(O)C(O)C2OC2CC(O)C(O)C(C)O2)Oc2ccc(cc2)C1O. The number of aromatic hydroxyl groups is 3. The van der Waals surface area contributed by atoms with Crippen LogP contribution in [-0.4, -0.2) is 221 Å². The van der Waals surface area contributed by atoms with Crippen LogP contribution in [0.25, 0.3) is 11.1 Å². The highest BCUT2D eigenvalue weighted by Gasteiger charge is 2.51. The van der Waals surface area contributed by atoms with Crippen molar-refractivity contribution in [1.29, 1.82) is 0 Å². The third kappa shape index (κ3) is 17.4. The van der Waals surface area contributed by atoms with Crippen molar-refractivity contribution in [3.63, 3.8) is 0 Å². The van der Waals surface area contributed by atoms with Gasteiger partial charge in [0.2, 0.25) is 53.4 Å². The zero-order valence-corrected chi connectivity index (χ0v) is 60.1. The number of carbonyl (C=O) groups excluding carboxylic acids is 7. The second kappa shape index (κ2) is 32.9. The van der Waals surface area contributed by atoms with E-state index in [1.54, 1.807) is 0 Å². The minimum atomic E-state index is -2.35. The molecule has 0 aromatic heterocycles. The number of hydrogen-bond donors (Lipinski definition) is 20. The van der Waals surface area contributed by atoms with Crippen LogP contribution in [0.3, 0.4) is 0 Å². The first-order valence-electron chi connectivity index (χ1n) is 34.8. The lowest BCUT2D eigenvalue weighted by Crippen LogP contribution is -2.62. The number of carbonyl (C=O) groups is 8. The van der Waals surface area contributed by atoms with Crippen LogP contribution < -0.4 is 62.9 Å². The van der Waals surface area contributed by atoms with Crippen LogP contribution in [0.1, 0.15) is 118 Å². The Labute approximate surface area is 626 Å². The summed E-state index contributed by atoms with van der Waals surface area (Å²) >= 11 is 7.32. The molecule has 0 aliphatic carbocycles. The number of aliphatic carboxylic acids is 1. The van der Waals surface area contributed by atoms with E-state index in [0.29, 0.717) is 0 Å². The van der Waals surface area contributed by atoms with E-state index in [9.17, 15) is 75.3 Å². The van der Waals surface area contributed by atoms with Gasteiger partial charge in [0.25, 0.3) is 0 Å². The molecule has 8 aliphatic heterocycles. The molecule has 22 N–H and O–H groups in total. The lowest BCUT2D eigenvalue weighted by molar-refractivity contribution is -0.335. The van der Waals surface area contributed by atoms with E-state index in [2.05, 4.69) is 37.2 Å². The van der Waals surface area contributed by atoms with Gasteiger partial charge in [0.1, 0.15) is 95.6 Å². The molecular formula is C72H86ClN9O27. The van der Waals surface area contributed by atoms with Gasteiger partial charge in [-0.25, -0.2) is 4.79 Å². The van der Waals surface area contributed by atoms with Crippen LogP contribution in [0.4, 0.5) is 0 Å². The van der Waals surface area contributed by atoms with Crippen LogP contribution in [0.5, 0.6) is 46.0 Å². The zero-order chi connectivity index (χ0) is 79.1. The Morgan fingerprint density at radius 2 is 1.35 bits per heavy atom. The second-order valence-corrected chi connectivity index (χ2v) is 28.7. The molecule has 37 heteroatoms. The Hall–Kier alpha value is -9.61. The summed E-state index contributed by atoms with van der Waals surface area (Å²) in [4.78, 5) is 119. The number of rotatable bonds is 15. The average Bonchev–Trinajstić information content (AvgIpc) is 0.765. The Morgan fingerprint density at radius 3 is 1.99 bits per heavy atom. The molecule has 8 heterocycles. The normalized spacial score (nSPS) is 31.7. The van der Waals surface area contributed by atoms with E-state index in [1.165, 1.54) is 70.3 Å². The number of amides is 7. The van der Waals surface area contributed by atoms with Gasteiger partial charge in [0.15, 0.2) is 36.2 Å². The Bertz CT molecular complexity index is 4280. The fourth-order valence-corrected chi connectivity index (χ4v) is 14.1. The van der Waals surface area contributed by atoms with E-state index in [0.717, 1.165) is 42.5 Å². The maximum atomic E-state index is 16.3. The van der Waals surface area contributed by atoms with Gasteiger partial charge in [0, 0.05) is 41.1 Å². The van der Waals surface area contributed by atoms with Crippen LogP contribution in [0.15, 0.2) is 84.9 Å². The molecule has 0 radical (unpaired) electrons. The fraction of sp³-hybridized carbons (Fsp3) is 0.472. The average molecular weight is 1540 g/mol. The van der Waals surface area contributed by atoms with Gasteiger partial charge in [0.05, 0.1) is 48.5 Å². The molecule has 11 bridgehead atoms. The number of halogens is 1. The molecule has 0 spiro atoms. The van der Waals surface area contributed by atoms with Crippen molar-refractivity contribution in [2.75, 3.05) is 13.7 Å². The first kappa shape index (κ1) is 80.4. The third-order valence-electron chi connectivity index (χ3n) is 19.7.